The van der Waals surface area contributed by atoms with E-state index in [4.69, 9.17) is 10.7 Å². The third kappa shape index (κ3) is 2.19. The molecule has 0 bridgehead atoms. The lowest BCUT2D eigenvalue weighted by Crippen LogP contribution is -2.27. The Morgan fingerprint density at radius 3 is 2.79 bits per heavy atom. The van der Waals surface area contributed by atoms with Gasteiger partial charge in [0.05, 0.1) is 5.52 Å². The largest absolute Gasteiger partial charge is 0.354 e. The summed E-state index contributed by atoms with van der Waals surface area (Å²) in [6.45, 7) is 6.24. The van der Waals surface area contributed by atoms with Gasteiger partial charge in [0.15, 0.2) is 0 Å². The van der Waals surface area contributed by atoms with E-state index in [-0.39, 0.29) is 0 Å². The number of anilines is 1. The van der Waals surface area contributed by atoms with Crippen molar-refractivity contribution in [1.29, 1.82) is 0 Å². The van der Waals surface area contributed by atoms with E-state index >= 15 is 0 Å². The molecule has 2 atom stereocenters. The van der Waals surface area contributed by atoms with Crippen LogP contribution in [0.2, 0.25) is 0 Å². The molecule has 2 N–H and O–H groups in total. The molecule has 1 fully saturated rings. The minimum Gasteiger partial charge on any atom is -0.354 e. The van der Waals surface area contributed by atoms with Crippen molar-refractivity contribution in [2.75, 3.05) is 11.4 Å². The molecule has 3 nitrogen and oxygen atoms in total. The van der Waals surface area contributed by atoms with Crippen LogP contribution in [0.15, 0.2) is 30.3 Å². The molecular formula is C16H21N3. The summed E-state index contributed by atoms with van der Waals surface area (Å²) in [7, 11) is 0. The monoisotopic (exact) mass is 255 g/mol. The number of benzene rings is 1. The zero-order valence-corrected chi connectivity index (χ0v) is 11.6. The molecule has 0 saturated carbocycles. The van der Waals surface area contributed by atoms with Crippen LogP contribution < -0.4 is 10.6 Å². The Morgan fingerprint density at radius 1 is 1.32 bits per heavy atom. The minimum absolute atomic E-state index is 0.563. The van der Waals surface area contributed by atoms with E-state index in [1.54, 1.807) is 0 Å². The van der Waals surface area contributed by atoms with E-state index in [1.807, 2.05) is 12.1 Å². The molecular weight excluding hydrogens is 234 g/mol. The average molecular weight is 255 g/mol. The molecule has 19 heavy (non-hydrogen) atoms. The Bertz CT molecular complexity index is 594. The van der Waals surface area contributed by atoms with Gasteiger partial charge in [-0.05, 0) is 37.0 Å². The van der Waals surface area contributed by atoms with E-state index in [2.05, 4.69) is 36.9 Å². The lowest BCUT2D eigenvalue weighted by Gasteiger charge is -2.23. The van der Waals surface area contributed by atoms with Crippen molar-refractivity contribution in [2.45, 2.75) is 32.9 Å². The summed E-state index contributed by atoms with van der Waals surface area (Å²) in [5.41, 5.74) is 8.13. The molecule has 1 saturated heterocycles. The summed E-state index contributed by atoms with van der Waals surface area (Å²) in [6, 6.07) is 11.0. The molecule has 1 aromatic heterocycles. The van der Waals surface area contributed by atoms with Gasteiger partial charge in [-0.25, -0.2) is 4.98 Å². The second-order valence-electron chi connectivity index (χ2n) is 5.70. The van der Waals surface area contributed by atoms with Crippen LogP contribution in [0, 0.1) is 5.92 Å². The number of hydrogen-bond acceptors (Lipinski definition) is 3. The van der Waals surface area contributed by atoms with Crippen LogP contribution in [-0.4, -0.2) is 17.6 Å². The first kappa shape index (κ1) is 12.4. The van der Waals surface area contributed by atoms with Crippen molar-refractivity contribution in [3.8, 4) is 0 Å². The Hall–Kier alpha value is -1.61. The summed E-state index contributed by atoms with van der Waals surface area (Å²) in [6.07, 6.45) is 1.24. The fourth-order valence-electron chi connectivity index (χ4n) is 3.17. The van der Waals surface area contributed by atoms with E-state index in [0.29, 0.717) is 12.6 Å². The van der Waals surface area contributed by atoms with Crippen molar-refractivity contribution in [1.82, 2.24) is 4.98 Å². The van der Waals surface area contributed by atoms with Gasteiger partial charge in [0.2, 0.25) is 0 Å². The van der Waals surface area contributed by atoms with Crippen LogP contribution in [0.5, 0.6) is 0 Å². The van der Waals surface area contributed by atoms with Crippen LogP contribution in [0.25, 0.3) is 10.9 Å². The summed E-state index contributed by atoms with van der Waals surface area (Å²) in [4.78, 5) is 7.23. The van der Waals surface area contributed by atoms with Crippen molar-refractivity contribution in [3.63, 3.8) is 0 Å². The number of fused-ring (bicyclic) bond motifs is 1. The fourth-order valence-corrected chi connectivity index (χ4v) is 3.17. The van der Waals surface area contributed by atoms with E-state index in [0.717, 1.165) is 23.8 Å². The van der Waals surface area contributed by atoms with Crippen molar-refractivity contribution in [3.05, 3.63) is 35.9 Å². The molecule has 0 spiro atoms. The smallest absolute Gasteiger partial charge is 0.129 e. The van der Waals surface area contributed by atoms with Crippen molar-refractivity contribution >= 4 is 16.7 Å². The number of rotatable bonds is 2. The van der Waals surface area contributed by atoms with Crippen molar-refractivity contribution in [2.24, 2.45) is 11.7 Å². The Morgan fingerprint density at radius 2 is 2.11 bits per heavy atom. The predicted octanol–water partition coefficient (Wildman–Crippen LogP) is 2.93. The summed E-state index contributed by atoms with van der Waals surface area (Å²) in [5.74, 6) is 1.82. The van der Waals surface area contributed by atoms with Crippen LogP contribution >= 0.6 is 0 Å². The van der Waals surface area contributed by atoms with E-state index in [1.165, 1.54) is 17.4 Å². The van der Waals surface area contributed by atoms with Crippen LogP contribution in [0.1, 0.15) is 25.8 Å². The molecule has 0 aliphatic carbocycles. The Kier molecular flexibility index (Phi) is 3.15. The minimum atomic E-state index is 0.563. The molecule has 1 aliphatic rings. The fraction of sp³-hybridized carbons (Fsp3) is 0.438. The topological polar surface area (TPSA) is 42.1 Å². The van der Waals surface area contributed by atoms with Gasteiger partial charge in [0.1, 0.15) is 5.82 Å². The highest BCUT2D eigenvalue weighted by molar-refractivity contribution is 5.84. The molecule has 1 aromatic carbocycles. The maximum Gasteiger partial charge on any atom is 0.129 e. The zero-order valence-electron chi connectivity index (χ0n) is 11.6. The molecule has 0 radical (unpaired) electrons. The number of nitrogens with zero attached hydrogens (tertiary/aromatic N) is 2. The normalized spacial score (nSPS) is 23.2. The van der Waals surface area contributed by atoms with Crippen LogP contribution in [0.3, 0.4) is 0 Å². The number of pyridine rings is 1. The third-order valence-electron chi connectivity index (χ3n) is 4.09. The van der Waals surface area contributed by atoms with E-state index < -0.39 is 0 Å². The van der Waals surface area contributed by atoms with Gasteiger partial charge in [-0.3, -0.25) is 0 Å². The average Bonchev–Trinajstić information content (AvgIpc) is 2.76. The number of nitrogens with two attached hydrogens (primary N) is 1. The highest BCUT2D eigenvalue weighted by Gasteiger charge is 2.27. The lowest BCUT2D eigenvalue weighted by atomic mass is 10.1. The number of aromatic nitrogens is 1. The van der Waals surface area contributed by atoms with Crippen LogP contribution in [-0.2, 0) is 6.54 Å². The molecule has 100 valence electrons. The second-order valence-corrected chi connectivity index (χ2v) is 5.70. The second kappa shape index (κ2) is 4.82. The van der Waals surface area contributed by atoms with Gasteiger partial charge >= 0.3 is 0 Å². The third-order valence-corrected chi connectivity index (χ3v) is 4.09. The molecule has 2 unspecified atom stereocenters. The Labute approximate surface area is 114 Å². The maximum absolute atomic E-state index is 5.90. The first-order valence-electron chi connectivity index (χ1n) is 7.04. The summed E-state index contributed by atoms with van der Waals surface area (Å²) in [5, 5.41) is 1.17. The first-order valence-corrected chi connectivity index (χ1v) is 7.04. The van der Waals surface area contributed by atoms with Gasteiger partial charge in [-0.1, -0.05) is 25.1 Å². The molecule has 1 aliphatic heterocycles. The van der Waals surface area contributed by atoms with Gasteiger partial charge in [0, 0.05) is 24.5 Å². The summed E-state index contributed by atoms with van der Waals surface area (Å²) >= 11 is 0. The maximum atomic E-state index is 5.90. The molecule has 3 rings (SSSR count). The molecule has 2 aromatic rings. The molecule has 3 heteroatoms. The quantitative estimate of drug-likeness (QED) is 0.897. The van der Waals surface area contributed by atoms with Gasteiger partial charge < -0.3 is 10.6 Å². The van der Waals surface area contributed by atoms with Gasteiger partial charge in [-0.2, -0.15) is 0 Å². The molecule has 0 amide bonds. The highest BCUT2D eigenvalue weighted by atomic mass is 15.2. The predicted molar refractivity (Wildman–Crippen MR) is 80.2 cm³/mol. The SMILES string of the molecule is CC1CC(C)N(c2cc(CN)c3ccccc3n2)C1. The number of para-hydroxylation sites is 1. The summed E-state index contributed by atoms with van der Waals surface area (Å²) < 4.78 is 0. The van der Waals surface area contributed by atoms with Crippen molar-refractivity contribution < 1.29 is 0 Å². The lowest BCUT2D eigenvalue weighted by molar-refractivity contribution is 0.625. The standard InChI is InChI=1S/C16H21N3/c1-11-7-12(2)19(10-11)16-8-13(9-17)14-5-3-4-6-15(14)18-16/h3-6,8,11-12H,7,9-10,17H2,1-2H3. The van der Waals surface area contributed by atoms with Crippen LogP contribution in [0.4, 0.5) is 5.82 Å². The van der Waals surface area contributed by atoms with Gasteiger partial charge in [0.25, 0.3) is 0 Å². The highest BCUT2D eigenvalue weighted by Crippen LogP contribution is 2.30. The first-order chi connectivity index (χ1) is 9.19. The Balaban J connectivity index is 2.09. The molecule has 2 heterocycles. The van der Waals surface area contributed by atoms with E-state index in [9.17, 15) is 0 Å². The zero-order chi connectivity index (χ0) is 13.4. The number of hydrogen-bond donors (Lipinski definition) is 1. The van der Waals surface area contributed by atoms with Gasteiger partial charge in [-0.15, -0.1) is 0 Å².